The van der Waals surface area contributed by atoms with Crippen LogP contribution >= 0.6 is 0 Å². The number of benzene rings is 3. The molecule has 5 rings (SSSR count). The molecule has 2 amide bonds. The minimum atomic E-state index is -0.302. The Morgan fingerprint density at radius 3 is 2.38 bits per heavy atom. The van der Waals surface area contributed by atoms with E-state index in [1.54, 1.807) is 18.2 Å². The third kappa shape index (κ3) is 3.46. The quantitative estimate of drug-likeness (QED) is 0.569. The molecule has 5 nitrogen and oxygen atoms in total. The summed E-state index contributed by atoms with van der Waals surface area (Å²) < 4.78 is 5.60. The van der Waals surface area contributed by atoms with E-state index in [9.17, 15) is 9.59 Å². The van der Waals surface area contributed by atoms with Crippen LogP contribution in [0.4, 0.5) is 5.69 Å². The van der Waals surface area contributed by atoms with Crippen molar-refractivity contribution in [3.05, 3.63) is 101 Å². The molecule has 32 heavy (non-hydrogen) atoms. The van der Waals surface area contributed by atoms with Gasteiger partial charge in [0.25, 0.3) is 11.8 Å². The molecule has 0 bridgehead atoms. The normalized spacial score (nSPS) is 15.9. The Hall–Kier alpha value is -3.86. The Bertz CT molecular complexity index is 1220. The number of nitrogens with zero attached hydrogens (tertiary/aromatic N) is 2. The van der Waals surface area contributed by atoms with Gasteiger partial charge in [-0.2, -0.15) is 0 Å². The monoisotopic (exact) mass is 424 g/mol. The van der Waals surface area contributed by atoms with Gasteiger partial charge in [-0.3, -0.25) is 9.59 Å². The maximum absolute atomic E-state index is 13.7. The molecular formula is C27H24N2O3. The first-order chi connectivity index (χ1) is 15.7. The number of carbonyl (C=O) groups is 2. The lowest BCUT2D eigenvalue weighted by Crippen LogP contribution is -2.37. The molecule has 0 radical (unpaired) electrons. The van der Waals surface area contributed by atoms with Gasteiger partial charge in [0.2, 0.25) is 0 Å². The Morgan fingerprint density at radius 1 is 0.844 bits per heavy atom. The summed E-state index contributed by atoms with van der Waals surface area (Å²) in [7, 11) is 0. The molecule has 5 heteroatoms. The second kappa shape index (κ2) is 8.35. The van der Waals surface area contributed by atoms with E-state index in [0.29, 0.717) is 42.4 Å². The number of fused-ring (bicyclic) bond motifs is 1. The maximum Gasteiger partial charge on any atom is 0.282 e. The van der Waals surface area contributed by atoms with Crippen molar-refractivity contribution in [3.63, 3.8) is 0 Å². The van der Waals surface area contributed by atoms with Crippen LogP contribution in [-0.4, -0.2) is 29.9 Å². The van der Waals surface area contributed by atoms with Gasteiger partial charge in [-0.15, -0.1) is 0 Å². The Labute approximate surface area is 187 Å². The van der Waals surface area contributed by atoms with Crippen molar-refractivity contribution in [2.75, 3.05) is 18.1 Å². The SMILES string of the molecule is CCOc1cccc(N2C(=O)C(c3ccccc3)=C(N3CCc4ccccc4C3)C2=O)c1. The standard InChI is InChI=1S/C27H24N2O3/c1-2-32-23-14-8-13-22(17-23)29-26(30)24(20-10-4-3-5-11-20)25(27(29)31)28-16-15-19-9-6-7-12-21(19)18-28/h3-14,17H,2,15-16,18H2,1H3. The van der Waals surface area contributed by atoms with E-state index >= 15 is 0 Å². The van der Waals surface area contributed by atoms with Crippen molar-refractivity contribution in [2.24, 2.45) is 0 Å². The smallest absolute Gasteiger partial charge is 0.282 e. The highest BCUT2D eigenvalue weighted by Crippen LogP contribution is 2.37. The molecule has 3 aromatic carbocycles. The van der Waals surface area contributed by atoms with Crippen molar-refractivity contribution in [2.45, 2.75) is 19.9 Å². The van der Waals surface area contributed by atoms with Gasteiger partial charge in [0, 0.05) is 19.2 Å². The Morgan fingerprint density at radius 2 is 1.59 bits per heavy atom. The van der Waals surface area contributed by atoms with Gasteiger partial charge in [-0.05, 0) is 42.2 Å². The number of hydrogen-bond acceptors (Lipinski definition) is 4. The summed E-state index contributed by atoms with van der Waals surface area (Å²) in [6.45, 7) is 3.71. The minimum Gasteiger partial charge on any atom is -0.494 e. The zero-order chi connectivity index (χ0) is 22.1. The molecule has 0 unspecified atom stereocenters. The van der Waals surface area contributed by atoms with Crippen LogP contribution in [0.5, 0.6) is 5.75 Å². The first-order valence-corrected chi connectivity index (χ1v) is 10.9. The lowest BCUT2D eigenvalue weighted by Gasteiger charge is -2.31. The van der Waals surface area contributed by atoms with Crippen molar-refractivity contribution in [3.8, 4) is 5.75 Å². The summed E-state index contributed by atoms with van der Waals surface area (Å²) in [4.78, 5) is 30.7. The predicted octanol–water partition coefficient (Wildman–Crippen LogP) is 4.43. The average molecular weight is 425 g/mol. The molecule has 0 aliphatic carbocycles. The van der Waals surface area contributed by atoms with Crippen molar-refractivity contribution < 1.29 is 14.3 Å². The predicted molar refractivity (Wildman–Crippen MR) is 124 cm³/mol. The third-order valence-electron chi connectivity index (χ3n) is 5.96. The van der Waals surface area contributed by atoms with E-state index < -0.39 is 0 Å². The fraction of sp³-hybridized carbons (Fsp3) is 0.185. The number of carbonyl (C=O) groups excluding carboxylic acids is 2. The molecule has 2 aliphatic rings. The molecule has 2 heterocycles. The lowest BCUT2D eigenvalue weighted by molar-refractivity contribution is -0.120. The molecule has 0 N–H and O–H groups in total. The molecule has 0 saturated carbocycles. The number of ether oxygens (including phenoxy) is 1. The molecular weight excluding hydrogens is 400 g/mol. The van der Waals surface area contributed by atoms with Gasteiger partial charge in [-0.1, -0.05) is 60.7 Å². The van der Waals surface area contributed by atoms with E-state index in [-0.39, 0.29) is 11.8 Å². The van der Waals surface area contributed by atoms with E-state index in [0.717, 1.165) is 12.0 Å². The Kier molecular flexibility index (Phi) is 5.23. The third-order valence-corrected chi connectivity index (χ3v) is 5.96. The number of hydrogen-bond donors (Lipinski definition) is 0. The van der Waals surface area contributed by atoms with Crippen LogP contribution in [0.15, 0.2) is 84.6 Å². The molecule has 2 aliphatic heterocycles. The molecule has 3 aromatic rings. The van der Waals surface area contributed by atoms with E-state index in [2.05, 4.69) is 17.0 Å². The van der Waals surface area contributed by atoms with Crippen LogP contribution < -0.4 is 9.64 Å². The minimum absolute atomic E-state index is 0.290. The van der Waals surface area contributed by atoms with Gasteiger partial charge < -0.3 is 9.64 Å². The van der Waals surface area contributed by atoms with E-state index in [1.807, 2.05) is 55.5 Å². The molecule has 0 saturated heterocycles. The van der Waals surface area contributed by atoms with Gasteiger partial charge in [0.15, 0.2) is 0 Å². The van der Waals surface area contributed by atoms with Crippen molar-refractivity contribution in [1.29, 1.82) is 0 Å². The van der Waals surface area contributed by atoms with Gasteiger partial charge in [0.1, 0.15) is 11.4 Å². The fourth-order valence-corrected chi connectivity index (χ4v) is 4.48. The molecule has 0 spiro atoms. The van der Waals surface area contributed by atoms with Crippen LogP contribution in [-0.2, 0) is 22.6 Å². The lowest BCUT2D eigenvalue weighted by atomic mass is 9.98. The number of rotatable bonds is 5. The average Bonchev–Trinajstić information content (AvgIpc) is 3.09. The molecule has 0 aromatic heterocycles. The van der Waals surface area contributed by atoms with Crippen LogP contribution in [0.1, 0.15) is 23.6 Å². The van der Waals surface area contributed by atoms with Crippen LogP contribution in [0, 0.1) is 0 Å². The summed E-state index contributed by atoms with van der Waals surface area (Å²) >= 11 is 0. The highest BCUT2D eigenvalue weighted by molar-refractivity contribution is 6.45. The Balaban J connectivity index is 1.59. The molecule has 0 atom stereocenters. The first-order valence-electron chi connectivity index (χ1n) is 10.9. The second-order valence-electron chi connectivity index (χ2n) is 7.91. The molecule has 160 valence electrons. The van der Waals surface area contributed by atoms with Crippen LogP contribution in [0.3, 0.4) is 0 Å². The summed E-state index contributed by atoms with van der Waals surface area (Å²) in [6, 6.07) is 24.9. The van der Waals surface area contributed by atoms with Gasteiger partial charge >= 0.3 is 0 Å². The summed E-state index contributed by atoms with van der Waals surface area (Å²) in [6.07, 6.45) is 0.836. The summed E-state index contributed by atoms with van der Waals surface area (Å²) in [5.74, 6) is 0.0396. The zero-order valence-electron chi connectivity index (χ0n) is 18.0. The number of amides is 2. The summed E-state index contributed by atoms with van der Waals surface area (Å²) in [5, 5.41) is 0. The van der Waals surface area contributed by atoms with Crippen LogP contribution in [0.2, 0.25) is 0 Å². The highest BCUT2D eigenvalue weighted by Gasteiger charge is 2.43. The topological polar surface area (TPSA) is 49.9 Å². The van der Waals surface area contributed by atoms with E-state index in [4.69, 9.17) is 4.74 Å². The maximum atomic E-state index is 13.7. The first kappa shape index (κ1) is 20.1. The number of imide groups is 1. The van der Waals surface area contributed by atoms with Gasteiger partial charge in [0.05, 0.1) is 17.9 Å². The fourth-order valence-electron chi connectivity index (χ4n) is 4.48. The summed E-state index contributed by atoms with van der Waals surface area (Å²) in [5.41, 5.74) is 4.68. The van der Waals surface area contributed by atoms with E-state index in [1.165, 1.54) is 16.0 Å². The second-order valence-corrected chi connectivity index (χ2v) is 7.91. The highest BCUT2D eigenvalue weighted by atomic mass is 16.5. The molecule has 0 fully saturated rings. The van der Waals surface area contributed by atoms with Crippen molar-refractivity contribution >= 4 is 23.1 Å². The van der Waals surface area contributed by atoms with Crippen LogP contribution in [0.25, 0.3) is 5.57 Å². The largest absolute Gasteiger partial charge is 0.494 e. The number of anilines is 1. The zero-order valence-corrected chi connectivity index (χ0v) is 18.0. The van der Waals surface area contributed by atoms with Gasteiger partial charge in [-0.25, -0.2) is 4.90 Å². The van der Waals surface area contributed by atoms with Crippen molar-refractivity contribution in [1.82, 2.24) is 4.90 Å².